The lowest BCUT2D eigenvalue weighted by Gasteiger charge is -2.19. The zero-order chi connectivity index (χ0) is 23.1. The van der Waals surface area contributed by atoms with Gasteiger partial charge >= 0.3 is 0 Å². The number of carbonyl (C=O) groups excluding carboxylic acids is 1. The molecule has 0 bridgehead atoms. The number of anilines is 1. The average molecular weight is 453 g/mol. The van der Waals surface area contributed by atoms with Crippen LogP contribution in [0.15, 0.2) is 77.7 Å². The third kappa shape index (κ3) is 6.18. The maximum atomic E-state index is 13.1. The molecule has 0 aromatic heterocycles. The Morgan fingerprint density at radius 1 is 0.969 bits per heavy atom. The van der Waals surface area contributed by atoms with Crippen molar-refractivity contribution < 1.29 is 17.9 Å². The Morgan fingerprint density at radius 2 is 1.72 bits per heavy atom. The molecule has 0 unspecified atom stereocenters. The van der Waals surface area contributed by atoms with Gasteiger partial charge in [-0.2, -0.15) is 4.72 Å². The molecule has 0 aliphatic carbocycles. The second-order valence-corrected chi connectivity index (χ2v) is 9.30. The SMILES string of the molecule is CCOc1ccc(S(=O)(=O)N[C@@H](Cc2ccccc2)C(=O)Nc2cccc(C)c2)cc1C. The van der Waals surface area contributed by atoms with E-state index in [0.717, 1.165) is 11.1 Å². The fourth-order valence-electron chi connectivity index (χ4n) is 3.35. The molecule has 0 saturated carbocycles. The topological polar surface area (TPSA) is 84.5 Å². The number of ether oxygens (including phenoxy) is 1. The highest BCUT2D eigenvalue weighted by atomic mass is 32.2. The number of sulfonamides is 1. The van der Waals surface area contributed by atoms with E-state index in [-0.39, 0.29) is 11.3 Å². The van der Waals surface area contributed by atoms with Crippen LogP contribution in [0, 0.1) is 13.8 Å². The number of nitrogens with one attached hydrogen (secondary N) is 2. The molecular weight excluding hydrogens is 424 g/mol. The first kappa shape index (κ1) is 23.5. The summed E-state index contributed by atoms with van der Waals surface area (Å²) >= 11 is 0. The van der Waals surface area contributed by atoms with Gasteiger partial charge in [-0.05, 0) is 74.2 Å². The number of aryl methyl sites for hydroxylation is 2. The molecule has 6 nitrogen and oxygen atoms in total. The lowest BCUT2D eigenvalue weighted by Crippen LogP contribution is -2.45. The molecule has 1 atom stereocenters. The summed E-state index contributed by atoms with van der Waals surface area (Å²) in [5.74, 6) is 0.204. The number of hydrogen-bond acceptors (Lipinski definition) is 4. The summed E-state index contributed by atoms with van der Waals surface area (Å²) < 4.78 is 34.4. The first-order chi connectivity index (χ1) is 15.3. The molecule has 1 amide bonds. The van der Waals surface area contributed by atoms with Crippen LogP contribution in [0.2, 0.25) is 0 Å². The fraction of sp³-hybridized carbons (Fsp3) is 0.240. The van der Waals surface area contributed by atoms with Crippen molar-refractivity contribution in [1.29, 1.82) is 0 Å². The molecule has 0 heterocycles. The van der Waals surface area contributed by atoms with Gasteiger partial charge < -0.3 is 10.1 Å². The zero-order valence-corrected chi connectivity index (χ0v) is 19.3. The van der Waals surface area contributed by atoms with Crippen molar-refractivity contribution in [3.63, 3.8) is 0 Å². The molecule has 168 valence electrons. The van der Waals surface area contributed by atoms with Gasteiger partial charge in [0, 0.05) is 5.69 Å². The molecule has 0 aliphatic rings. The summed E-state index contributed by atoms with van der Waals surface area (Å²) in [6.45, 7) is 6.07. The van der Waals surface area contributed by atoms with Crippen molar-refractivity contribution in [1.82, 2.24) is 4.72 Å². The first-order valence-electron chi connectivity index (χ1n) is 10.5. The van der Waals surface area contributed by atoms with Gasteiger partial charge in [-0.25, -0.2) is 8.42 Å². The van der Waals surface area contributed by atoms with Gasteiger partial charge in [0.1, 0.15) is 11.8 Å². The number of hydrogen-bond donors (Lipinski definition) is 2. The largest absolute Gasteiger partial charge is 0.494 e. The standard InChI is InChI=1S/C25H28N2O4S/c1-4-31-24-14-13-22(16-19(24)3)32(29,30)27-23(17-20-10-6-5-7-11-20)25(28)26-21-12-8-9-18(2)15-21/h5-16,23,27H,4,17H2,1-3H3,(H,26,28)/t23-/m0/s1. The number of carbonyl (C=O) groups is 1. The fourth-order valence-corrected chi connectivity index (χ4v) is 4.63. The zero-order valence-electron chi connectivity index (χ0n) is 18.5. The van der Waals surface area contributed by atoms with Crippen LogP contribution >= 0.6 is 0 Å². The van der Waals surface area contributed by atoms with Crippen LogP contribution < -0.4 is 14.8 Å². The molecule has 3 rings (SSSR count). The average Bonchev–Trinajstić information content (AvgIpc) is 2.75. The van der Waals surface area contributed by atoms with Crippen LogP contribution in [0.5, 0.6) is 5.75 Å². The maximum Gasteiger partial charge on any atom is 0.242 e. The van der Waals surface area contributed by atoms with Gasteiger partial charge in [0.25, 0.3) is 0 Å². The predicted molar refractivity (Wildman–Crippen MR) is 126 cm³/mol. The highest BCUT2D eigenvalue weighted by Gasteiger charge is 2.26. The Kier molecular flexibility index (Phi) is 7.66. The molecule has 3 aromatic rings. The van der Waals surface area contributed by atoms with Gasteiger partial charge in [-0.1, -0.05) is 42.5 Å². The Labute approximate surface area is 189 Å². The monoisotopic (exact) mass is 452 g/mol. The Hall–Kier alpha value is -3.16. The van der Waals surface area contributed by atoms with E-state index in [1.165, 1.54) is 6.07 Å². The third-order valence-electron chi connectivity index (χ3n) is 4.94. The van der Waals surface area contributed by atoms with Crippen molar-refractivity contribution in [3.05, 3.63) is 89.5 Å². The van der Waals surface area contributed by atoms with Gasteiger partial charge in [0.15, 0.2) is 0 Å². The van der Waals surface area contributed by atoms with Crippen LogP contribution in [0.4, 0.5) is 5.69 Å². The van der Waals surface area contributed by atoms with Gasteiger partial charge in [-0.15, -0.1) is 0 Å². The maximum absolute atomic E-state index is 13.1. The van der Waals surface area contributed by atoms with E-state index in [0.29, 0.717) is 23.6 Å². The normalized spacial score (nSPS) is 12.2. The lowest BCUT2D eigenvalue weighted by atomic mass is 10.1. The number of amides is 1. The van der Waals surface area contributed by atoms with Crippen molar-refractivity contribution in [3.8, 4) is 5.75 Å². The van der Waals surface area contributed by atoms with E-state index in [1.54, 1.807) is 25.1 Å². The van der Waals surface area contributed by atoms with Crippen LogP contribution in [0.1, 0.15) is 23.6 Å². The first-order valence-corrected chi connectivity index (χ1v) is 11.9. The molecule has 3 aromatic carbocycles. The van der Waals surface area contributed by atoms with E-state index in [2.05, 4.69) is 10.0 Å². The molecule has 0 fully saturated rings. The molecular formula is C25H28N2O4S. The summed E-state index contributed by atoms with van der Waals surface area (Å²) in [5.41, 5.74) is 3.16. The van der Waals surface area contributed by atoms with Gasteiger partial charge in [0.2, 0.25) is 15.9 Å². The molecule has 0 aliphatic heterocycles. The molecule has 7 heteroatoms. The molecule has 0 radical (unpaired) electrons. The minimum Gasteiger partial charge on any atom is -0.494 e. The lowest BCUT2D eigenvalue weighted by molar-refractivity contribution is -0.117. The van der Waals surface area contributed by atoms with E-state index in [1.807, 2.05) is 62.4 Å². The highest BCUT2D eigenvalue weighted by molar-refractivity contribution is 7.89. The predicted octanol–water partition coefficient (Wildman–Crippen LogP) is 4.23. The quantitative estimate of drug-likeness (QED) is 0.509. The smallest absolute Gasteiger partial charge is 0.242 e. The Morgan fingerprint density at radius 3 is 2.38 bits per heavy atom. The van der Waals surface area contributed by atoms with Crippen molar-refractivity contribution in [2.24, 2.45) is 0 Å². The summed E-state index contributed by atoms with van der Waals surface area (Å²) in [4.78, 5) is 13.2. The molecule has 2 N–H and O–H groups in total. The van der Waals surface area contributed by atoms with Gasteiger partial charge in [-0.3, -0.25) is 4.79 Å². The Balaban J connectivity index is 1.87. The van der Waals surface area contributed by atoms with E-state index < -0.39 is 22.0 Å². The molecule has 32 heavy (non-hydrogen) atoms. The second-order valence-electron chi connectivity index (χ2n) is 7.58. The van der Waals surface area contributed by atoms with Crippen LogP contribution in [-0.4, -0.2) is 27.0 Å². The summed E-state index contributed by atoms with van der Waals surface area (Å²) in [6, 6.07) is 20.4. The summed E-state index contributed by atoms with van der Waals surface area (Å²) in [6.07, 6.45) is 0.216. The molecule has 0 saturated heterocycles. The van der Waals surface area contributed by atoms with Crippen LogP contribution in [0.25, 0.3) is 0 Å². The van der Waals surface area contributed by atoms with E-state index in [4.69, 9.17) is 4.74 Å². The number of benzene rings is 3. The number of rotatable bonds is 9. The van der Waals surface area contributed by atoms with E-state index >= 15 is 0 Å². The molecule has 0 spiro atoms. The highest BCUT2D eigenvalue weighted by Crippen LogP contribution is 2.22. The third-order valence-corrected chi connectivity index (χ3v) is 6.41. The van der Waals surface area contributed by atoms with Crippen LogP contribution in [0.3, 0.4) is 0 Å². The van der Waals surface area contributed by atoms with Crippen LogP contribution in [-0.2, 0) is 21.2 Å². The van der Waals surface area contributed by atoms with E-state index in [9.17, 15) is 13.2 Å². The van der Waals surface area contributed by atoms with Crippen molar-refractivity contribution in [2.45, 2.75) is 38.1 Å². The minimum atomic E-state index is -3.95. The summed E-state index contributed by atoms with van der Waals surface area (Å²) in [7, 11) is -3.95. The van der Waals surface area contributed by atoms with Crippen molar-refractivity contribution in [2.75, 3.05) is 11.9 Å². The van der Waals surface area contributed by atoms with Crippen molar-refractivity contribution >= 4 is 21.6 Å². The minimum absolute atomic E-state index is 0.0832. The second kappa shape index (κ2) is 10.4. The van der Waals surface area contributed by atoms with Gasteiger partial charge in [0.05, 0.1) is 11.5 Å². The Bertz CT molecular complexity index is 1180. The summed E-state index contributed by atoms with van der Waals surface area (Å²) in [5, 5.41) is 2.83.